The number of nitrogens with zero attached hydrogens (tertiary/aromatic N) is 1. The molecule has 1 N–H and O–H groups in total. The SMILES string of the molecule is COC(=O)c1cccc(NC(=O)[C@H](C)N(c2ccc(OC)c(Cl)c2)S(C)(=O)=O)c1. The number of hydrogen-bond acceptors (Lipinski definition) is 6. The van der Waals surface area contributed by atoms with Crippen molar-refractivity contribution in [1.29, 1.82) is 0 Å². The maximum atomic E-state index is 12.7. The molecule has 0 aliphatic heterocycles. The molecule has 0 saturated heterocycles. The van der Waals surface area contributed by atoms with E-state index in [-0.39, 0.29) is 16.3 Å². The number of benzene rings is 2. The molecule has 2 aromatic carbocycles. The monoisotopic (exact) mass is 440 g/mol. The van der Waals surface area contributed by atoms with Crippen LogP contribution in [0.5, 0.6) is 5.75 Å². The van der Waals surface area contributed by atoms with E-state index in [0.717, 1.165) is 10.6 Å². The van der Waals surface area contributed by atoms with E-state index in [1.807, 2.05) is 0 Å². The number of sulfonamides is 1. The first-order valence-electron chi connectivity index (χ1n) is 8.40. The van der Waals surface area contributed by atoms with Gasteiger partial charge in [0.1, 0.15) is 11.8 Å². The van der Waals surface area contributed by atoms with Gasteiger partial charge in [-0.1, -0.05) is 17.7 Å². The number of carbonyl (C=O) groups is 2. The maximum Gasteiger partial charge on any atom is 0.337 e. The van der Waals surface area contributed by atoms with Crippen LogP contribution in [-0.2, 0) is 19.6 Å². The van der Waals surface area contributed by atoms with Crippen LogP contribution < -0.4 is 14.4 Å². The minimum atomic E-state index is -3.82. The summed E-state index contributed by atoms with van der Waals surface area (Å²) < 4.78 is 35.5. The summed E-state index contributed by atoms with van der Waals surface area (Å²) >= 11 is 6.11. The number of nitrogens with one attached hydrogen (secondary N) is 1. The Bertz CT molecular complexity index is 1030. The fourth-order valence-electron chi connectivity index (χ4n) is 2.69. The van der Waals surface area contributed by atoms with E-state index >= 15 is 0 Å². The molecule has 0 unspecified atom stereocenters. The summed E-state index contributed by atoms with van der Waals surface area (Å²) in [5, 5.41) is 2.82. The second-order valence-electron chi connectivity index (χ2n) is 6.12. The average Bonchev–Trinajstić information content (AvgIpc) is 2.66. The Kier molecular flexibility index (Phi) is 7.10. The van der Waals surface area contributed by atoms with Crippen LogP contribution in [-0.4, -0.2) is 46.8 Å². The highest BCUT2D eigenvalue weighted by molar-refractivity contribution is 7.92. The van der Waals surface area contributed by atoms with Crippen LogP contribution >= 0.6 is 11.6 Å². The summed E-state index contributed by atoms with van der Waals surface area (Å²) in [6.07, 6.45) is 0.993. The van der Waals surface area contributed by atoms with Gasteiger partial charge in [-0.15, -0.1) is 0 Å². The molecule has 0 bridgehead atoms. The molecule has 0 fully saturated rings. The highest BCUT2D eigenvalue weighted by Crippen LogP contribution is 2.31. The average molecular weight is 441 g/mol. The van der Waals surface area contributed by atoms with Gasteiger partial charge in [0, 0.05) is 5.69 Å². The van der Waals surface area contributed by atoms with Gasteiger partial charge in [-0.2, -0.15) is 0 Å². The van der Waals surface area contributed by atoms with Crippen molar-refractivity contribution in [1.82, 2.24) is 0 Å². The molecule has 0 saturated carbocycles. The van der Waals surface area contributed by atoms with E-state index in [1.165, 1.54) is 51.5 Å². The molecule has 29 heavy (non-hydrogen) atoms. The predicted octanol–water partition coefficient (Wildman–Crippen LogP) is 2.93. The Morgan fingerprint density at radius 1 is 1.14 bits per heavy atom. The summed E-state index contributed by atoms with van der Waals surface area (Å²) in [6, 6.07) is 9.43. The number of anilines is 2. The van der Waals surface area contributed by atoms with Crippen LogP contribution in [0.1, 0.15) is 17.3 Å². The standard InChI is InChI=1S/C19H21ClN2O6S/c1-12(18(23)21-14-7-5-6-13(10-14)19(24)28-3)22(29(4,25)26)15-8-9-17(27-2)16(20)11-15/h5-12H,1-4H3,(H,21,23)/t12-/m0/s1. The molecule has 2 aromatic rings. The fourth-order valence-corrected chi connectivity index (χ4v) is 4.11. The fraction of sp³-hybridized carbons (Fsp3) is 0.263. The zero-order valence-electron chi connectivity index (χ0n) is 16.3. The first-order chi connectivity index (χ1) is 13.6. The minimum Gasteiger partial charge on any atom is -0.495 e. The largest absolute Gasteiger partial charge is 0.495 e. The minimum absolute atomic E-state index is 0.206. The van der Waals surface area contributed by atoms with Crippen molar-refractivity contribution in [2.24, 2.45) is 0 Å². The zero-order valence-corrected chi connectivity index (χ0v) is 17.9. The number of rotatable bonds is 7. The van der Waals surface area contributed by atoms with Crippen molar-refractivity contribution >= 4 is 44.9 Å². The van der Waals surface area contributed by atoms with Crippen molar-refractivity contribution < 1.29 is 27.5 Å². The summed E-state index contributed by atoms with van der Waals surface area (Å²) in [4.78, 5) is 24.4. The Morgan fingerprint density at radius 3 is 2.38 bits per heavy atom. The first-order valence-corrected chi connectivity index (χ1v) is 10.6. The van der Waals surface area contributed by atoms with Gasteiger partial charge in [0.05, 0.1) is 36.7 Å². The van der Waals surface area contributed by atoms with E-state index in [4.69, 9.17) is 16.3 Å². The topological polar surface area (TPSA) is 102 Å². The molecular weight excluding hydrogens is 420 g/mol. The molecule has 156 valence electrons. The Morgan fingerprint density at radius 2 is 1.83 bits per heavy atom. The van der Waals surface area contributed by atoms with Gasteiger partial charge in [0.2, 0.25) is 15.9 Å². The van der Waals surface area contributed by atoms with Crippen LogP contribution in [0.15, 0.2) is 42.5 Å². The van der Waals surface area contributed by atoms with E-state index in [1.54, 1.807) is 12.1 Å². The van der Waals surface area contributed by atoms with Crippen LogP contribution in [0.4, 0.5) is 11.4 Å². The molecular formula is C19H21ClN2O6S. The number of amides is 1. The normalized spacial score (nSPS) is 12.0. The molecule has 0 aromatic heterocycles. The maximum absolute atomic E-state index is 12.7. The van der Waals surface area contributed by atoms with Crippen LogP contribution in [0.25, 0.3) is 0 Å². The van der Waals surface area contributed by atoms with Gasteiger partial charge >= 0.3 is 5.97 Å². The zero-order chi connectivity index (χ0) is 21.8. The van der Waals surface area contributed by atoms with Gasteiger partial charge in [-0.3, -0.25) is 9.10 Å². The van der Waals surface area contributed by atoms with Gasteiger partial charge in [0.25, 0.3) is 0 Å². The number of hydrogen-bond donors (Lipinski definition) is 1. The Labute approximate surface area is 174 Å². The molecule has 1 atom stereocenters. The molecule has 2 rings (SSSR count). The van der Waals surface area contributed by atoms with Crippen LogP contribution in [0.3, 0.4) is 0 Å². The van der Waals surface area contributed by atoms with Gasteiger partial charge < -0.3 is 14.8 Å². The molecule has 0 aliphatic carbocycles. The number of methoxy groups -OCH3 is 2. The number of ether oxygens (including phenoxy) is 2. The van der Waals surface area contributed by atoms with Crippen molar-refractivity contribution in [3.05, 3.63) is 53.1 Å². The second-order valence-corrected chi connectivity index (χ2v) is 8.38. The quantitative estimate of drug-likeness (QED) is 0.664. The molecule has 0 aliphatic rings. The van der Waals surface area contributed by atoms with E-state index < -0.39 is 27.9 Å². The Hall–Kier alpha value is -2.78. The third kappa shape index (κ3) is 5.39. The second kappa shape index (κ2) is 9.15. The Balaban J connectivity index is 2.33. The lowest BCUT2D eigenvalue weighted by atomic mass is 10.2. The van der Waals surface area contributed by atoms with Gasteiger partial charge in [-0.25, -0.2) is 13.2 Å². The summed E-state index contributed by atoms with van der Waals surface area (Å²) in [7, 11) is -1.13. The van der Waals surface area contributed by atoms with Gasteiger partial charge in [0.15, 0.2) is 0 Å². The summed E-state index contributed by atoms with van der Waals surface area (Å²) in [5.74, 6) is -0.773. The highest BCUT2D eigenvalue weighted by atomic mass is 35.5. The molecule has 1 amide bonds. The van der Waals surface area contributed by atoms with Crippen LogP contribution in [0.2, 0.25) is 5.02 Å². The van der Waals surface area contributed by atoms with Crippen molar-refractivity contribution in [3.8, 4) is 5.75 Å². The summed E-state index contributed by atoms with van der Waals surface area (Å²) in [6.45, 7) is 1.44. The molecule has 8 nitrogen and oxygen atoms in total. The first kappa shape index (κ1) is 22.5. The van der Waals surface area contributed by atoms with Gasteiger partial charge in [-0.05, 0) is 43.3 Å². The molecule has 10 heteroatoms. The lowest BCUT2D eigenvalue weighted by Gasteiger charge is -2.28. The van der Waals surface area contributed by atoms with Crippen molar-refractivity contribution in [2.45, 2.75) is 13.0 Å². The van der Waals surface area contributed by atoms with E-state index in [9.17, 15) is 18.0 Å². The lowest BCUT2D eigenvalue weighted by molar-refractivity contribution is -0.116. The lowest BCUT2D eigenvalue weighted by Crippen LogP contribution is -2.45. The molecule has 0 heterocycles. The van der Waals surface area contributed by atoms with Crippen LogP contribution in [0, 0.1) is 0 Å². The third-order valence-corrected chi connectivity index (χ3v) is 5.57. The smallest absolute Gasteiger partial charge is 0.337 e. The number of esters is 1. The highest BCUT2D eigenvalue weighted by Gasteiger charge is 2.29. The summed E-state index contributed by atoms with van der Waals surface area (Å²) in [5.41, 5.74) is 0.787. The number of halogens is 1. The van der Waals surface area contributed by atoms with Crippen molar-refractivity contribution in [2.75, 3.05) is 30.1 Å². The molecule has 0 spiro atoms. The third-order valence-electron chi connectivity index (χ3n) is 4.03. The predicted molar refractivity (Wildman–Crippen MR) is 111 cm³/mol. The molecule has 0 radical (unpaired) electrons. The van der Waals surface area contributed by atoms with E-state index in [0.29, 0.717) is 11.4 Å². The van der Waals surface area contributed by atoms with E-state index in [2.05, 4.69) is 10.1 Å². The van der Waals surface area contributed by atoms with Crippen molar-refractivity contribution in [3.63, 3.8) is 0 Å². The number of carbonyl (C=O) groups excluding carboxylic acids is 2.